The lowest BCUT2D eigenvalue weighted by atomic mass is 9.88. The third-order valence-electron chi connectivity index (χ3n) is 5.52. The van der Waals surface area contributed by atoms with Crippen LogP contribution in [0.3, 0.4) is 0 Å². The SMILES string of the molecule is COc1c(OC)c2c3c(nccc3c1OC)[C@@]13CC(=O)[C@@H](O)[C@@H](C=C21)O3. The summed E-state index contributed by atoms with van der Waals surface area (Å²) in [6.07, 6.45) is 1.66. The molecule has 0 saturated carbocycles. The van der Waals surface area contributed by atoms with Crippen molar-refractivity contribution in [2.45, 2.75) is 24.2 Å². The predicted octanol–water partition coefficient (Wildman–Crippen LogP) is 1.59. The van der Waals surface area contributed by atoms with Gasteiger partial charge in [-0.05, 0) is 12.1 Å². The molecule has 0 radical (unpaired) electrons. The number of methoxy groups -OCH3 is 3. The number of aliphatic hydroxyl groups excluding tert-OH is 1. The highest BCUT2D eigenvalue weighted by molar-refractivity contribution is 6.12. The van der Waals surface area contributed by atoms with Gasteiger partial charge in [-0.1, -0.05) is 0 Å². The van der Waals surface area contributed by atoms with Crippen molar-refractivity contribution in [2.24, 2.45) is 0 Å². The van der Waals surface area contributed by atoms with Crippen LogP contribution in [0.25, 0.3) is 16.3 Å². The second kappa shape index (κ2) is 4.96. The van der Waals surface area contributed by atoms with E-state index in [0.717, 1.165) is 21.9 Å². The largest absolute Gasteiger partial charge is 0.492 e. The molecule has 26 heavy (non-hydrogen) atoms. The summed E-state index contributed by atoms with van der Waals surface area (Å²) in [5, 5.41) is 11.8. The first kappa shape index (κ1) is 15.6. The smallest absolute Gasteiger partial charge is 0.204 e. The van der Waals surface area contributed by atoms with E-state index in [1.807, 2.05) is 6.07 Å². The second-order valence-corrected chi connectivity index (χ2v) is 6.63. The summed E-state index contributed by atoms with van der Waals surface area (Å²) in [5.41, 5.74) is 1.24. The number of aliphatic hydroxyl groups is 1. The molecule has 5 rings (SSSR count). The summed E-state index contributed by atoms with van der Waals surface area (Å²) in [5.74, 6) is 1.27. The van der Waals surface area contributed by atoms with Gasteiger partial charge in [0, 0.05) is 34.5 Å². The predicted molar refractivity (Wildman–Crippen MR) is 91.6 cm³/mol. The van der Waals surface area contributed by atoms with E-state index < -0.39 is 17.8 Å². The molecule has 1 spiro atoms. The Balaban J connectivity index is 1.94. The number of carbonyl (C=O) groups is 1. The van der Waals surface area contributed by atoms with Crippen LogP contribution in [0.5, 0.6) is 17.2 Å². The van der Waals surface area contributed by atoms with Crippen LogP contribution in [-0.4, -0.2) is 49.4 Å². The Morgan fingerprint density at radius 2 is 1.92 bits per heavy atom. The van der Waals surface area contributed by atoms with Gasteiger partial charge in [-0.2, -0.15) is 0 Å². The standard InChI is InChI=1S/C19H17NO6/c1-23-15-8-4-5-20-18-12(8)13(16(24-2)17(15)25-3)9-6-11-14(22)10(21)7-19(9,18)26-11/h4-6,11,14,22H,7H2,1-3H3/t11-,14-,19-/m1/s1. The molecule has 1 aromatic carbocycles. The molecule has 3 atom stereocenters. The highest BCUT2D eigenvalue weighted by Gasteiger charge is 2.59. The van der Waals surface area contributed by atoms with Crippen LogP contribution in [-0.2, 0) is 15.1 Å². The zero-order valence-electron chi connectivity index (χ0n) is 14.5. The highest BCUT2D eigenvalue weighted by Crippen LogP contribution is 2.63. The number of ether oxygens (including phenoxy) is 4. The van der Waals surface area contributed by atoms with E-state index in [1.165, 1.54) is 0 Å². The lowest BCUT2D eigenvalue weighted by molar-refractivity contribution is -0.158. The number of carbonyl (C=O) groups excluding carboxylic acids is 1. The van der Waals surface area contributed by atoms with E-state index in [4.69, 9.17) is 18.9 Å². The molecule has 2 aliphatic heterocycles. The van der Waals surface area contributed by atoms with Gasteiger partial charge in [0.2, 0.25) is 5.75 Å². The fourth-order valence-corrected chi connectivity index (χ4v) is 4.51. The van der Waals surface area contributed by atoms with Gasteiger partial charge in [0.25, 0.3) is 0 Å². The molecule has 7 nitrogen and oxygen atoms in total. The quantitative estimate of drug-likeness (QED) is 0.894. The van der Waals surface area contributed by atoms with E-state index in [0.29, 0.717) is 22.9 Å². The minimum absolute atomic E-state index is 0.0328. The Labute approximate surface area is 149 Å². The highest BCUT2D eigenvalue weighted by atomic mass is 16.5. The molecule has 0 amide bonds. The van der Waals surface area contributed by atoms with Crippen LogP contribution in [0.4, 0.5) is 0 Å². The van der Waals surface area contributed by atoms with Crippen LogP contribution >= 0.6 is 0 Å². The van der Waals surface area contributed by atoms with Crippen molar-refractivity contribution < 1.29 is 28.8 Å². The Hall–Kier alpha value is -2.64. The van der Waals surface area contributed by atoms with E-state index in [-0.39, 0.29) is 12.2 Å². The Morgan fingerprint density at radius 3 is 2.62 bits per heavy atom. The maximum Gasteiger partial charge on any atom is 0.204 e. The van der Waals surface area contributed by atoms with E-state index >= 15 is 0 Å². The molecule has 1 aliphatic carbocycles. The summed E-state index contributed by atoms with van der Waals surface area (Å²) in [4.78, 5) is 16.9. The maximum absolute atomic E-state index is 12.4. The molecule has 1 saturated heterocycles. The molecular formula is C19H17NO6. The van der Waals surface area contributed by atoms with Gasteiger partial charge in [0.1, 0.15) is 17.8 Å². The fourth-order valence-electron chi connectivity index (χ4n) is 4.51. The average Bonchev–Trinajstić information content (AvgIpc) is 3.10. The fraction of sp³-hybridized carbons (Fsp3) is 0.368. The number of pyridine rings is 1. The molecule has 7 heteroatoms. The van der Waals surface area contributed by atoms with Crippen molar-refractivity contribution in [3.05, 3.63) is 29.6 Å². The molecule has 1 fully saturated rings. The third kappa shape index (κ3) is 1.56. The second-order valence-electron chi connectivity index (χ2n) is 6.63. The van der Waals surface area contributed by atoms with Crippen LogP contribution in [0, 0.1) is 0 Å². The first-order chi connectivity index (χ1) is 12.6. The van der Waals surface area contributed by atoms with Crippen molar-refractivity contribution >= 4 is 22.1 Å². The molecular weight excluding hydrogens is 338 g/mol. The number of nitrogens with zero attached hydrogens (tertiary/aromatic N) is 1. The number of ketones is 1. The molecule has 0 unspecified atom stereocenters. The van der Waals surface area contributed by atoms with Crippen LogP contribution in [0.1, 0.15) is 17.7 Å². The molecule has 2 bridgehead atoms. The maximum atomic E-state index is 12.4. The Morgan fingerprint density at radius 1 is 1.19 bits per heavy atom. The van der Waals surface area contributed by atoms with Gasteiger partial charge >= 0.3 is 0 Å². The number of benzene rings is 1. The van der Waals surface area contributed by atoms with E-state index in [1.54, 1.807) is 33.6 Å². The van der Waals surface area contributed by atoms with Crippen molar-refractivity contribution in [3.8, 4) is 17.2 Å². The molecule has 134 valence electrons. The minimum Gasteiger partial charge on any atom is -0.492 e. The first-order valence-electron chi connectivity index (χ1n) is 8.29. The van der Waals surface area contributed by atoms with Crippen molar-refractivity contribution in [1.29, 1.82) is 0 Å². The summed E-state index contributed by atoms with van der Waals surface area (Å²) in [7, 11) is 4.68. The van der Waals surface area contributed by atoms with Crippen LogP contribution in [0.2, 0.25) is 0 Å². The lowest BCUT2D eigenvalue weighted by Gasteiger charge is -2.34. The monoisotopic (exact) mass is 355 g/mol. The molecule has 3 heterocycles. The number of fused-ring (bicyclic) bond motifs is 2. The minimum atomic E-state index is -1.16. The molecule has 2 aromatic rings. The van der Waals surface area contributed by atoms with Crippen LogP contribution in [0.15, 0.2) is 18.3 Å². The number of aromatic nitrogens is 1. The summed E-state index contributed by atoms with van der Waals surface area (Å²) < 4.78 is 23.0. The number of rotatable bonds is 3. The van der Waals surface area contributed by atoms with E-state index in [9.17, 15) is 9.90 Å². The normalized spacial score (nSPS) is 28.2. The molecule has 1 aromatic heterocycles. The van der Waals surface area contributed by atoms with Gasteiger partial charge in [-0.15, -0.1) is 0 Å². The zero-order valence-corrected chi connectivity index (χ0v) is 14.5. The van der Waals surface area contributed by atoms with Crippen molar-refractivity contribution in [2.75, 3.05) is 21.3 Å². The number of Topliss-reactive ketones (excluding diaryl/α,β-unsaturated/α-hetero) is 1. The summed E-state index contributed by atoms with van der Waals surface area (Å²) in [6, 6.07) is 1.85. The topological polar surface area (TPSA) is 87.1 Å². The van der Waals surface area contributed by atoms with Gasteiger partial charge in [0.05, 0.1) is 27.0 Å². The number of hydrogen-bond acceptors (Lipinski definition) is 7. The number of hydrogen-bond donors (Lipinski definition) is 1. The molecule has 1 N–H and O–H groups in total. The first-order valence-corrected chi connectivity index (χ1v) is 8.29. The van der Waals surface area contributed by atoms with Gasteiger partial charge in [0.15, 0.2) is 17.3 Å². The van der Waals surface area contributed by atoms with E-state index in [2.05, 4.69) is 4.98 Å². The van der Waals surface area contributed by atoms with Gasteiger partial charge in [-0.3, -0.25) is 9.78 Å². The Kier molecular flexibility index (Phi) is 2.98. The van der Waals surface area contributed by atoms with Crippen molar-refractivity contribution in [1.82, 2.24) is 4.98 Å². The van der Waals surface area contributed by atoms with Crippen LogP contribution < -0.4 is 14.2 Å². The molecule has 3 aliphatic rings. The lowest BCUT2D eigenvalue weighted by Crippen LogP contribution is -2.46. The summed E-state index contributed by atoms with van der Waals surface area (Å²) >= 11 is 0. The zero-order chi connectivity index (χ0) is 18.2. The Bertz CT molecular complexity index is 1010. The van der Waals surface area contributed by atoms with Crippen molar-refractivity contribution in [3.63, 3.8) is 0 Å². The average molecular weight is 355 g/mol. The summed E-state index contributed by atoms with van der Waals surface area (Å²) in [6.45, 7) is 0. The van der Waals surface area contributed by atoms with Gasteiger partial charge in [-0.25, -0.2) is 0 Å². The third-order valence-corrected chi connectivity index (χ3v) is 5.52. The van der Waals surface area contributed by atoms with Gasteiger partial charge < -0.3 is 24.1 Å².